The summed E-state index contributed by atoms with van der Waals surface area (Å²) in [6.45, 7) is 5.16. The lowest BCUT2D eigenvalue weighted by Crippen LogP contribution is -2.29. The fourth-order valence-electron chi connectivity index (χ4n) is 4.40. The highest BCUT2D eigenvalue weighted by Crippen LogP contribution is 2.43. The molecule has 7 heteroatoms. The Bertz CT molecular complexity index is 1310. The molecule has 1 aliphatic heterocycles. The zero-order chi connectivity index (χ0) is 27.2. The summed E-state index contributed by atoms with van der Waals surface area (Å²) in [6.07, 6.45) is 1.72. The largest absolute Gasteiger partial charge is 0.507 e. The van der Waals surface area contributed by atoms with Crippen molar-refractivity contribution in [2.75, 3.05) is 37.1 Å². The summed E-state index contributed by atoms with van der Waals surface area (Å²) < 4.78 is 11.4. The average molecular weight is 515 g/mol. The Kier molecular flexibility index (Phi) is 8.36. The van der Waals surface area contributed by atoms with Crippen LogP contribution < -0.4 is 19.3 Å². The van der Waals surface area contributed by atoms with Gasteiger partial charge >= 0.3 is 0 Å². The number of carbonyl (C=O) groups is 2. The van der Waals surface area contributed by atoms with Crippen molar-refractivity contribution < 1.29 is 24.2 Å². The quantitative estimate of drug-likeness (QED) is 0.204. The Morgan fingerprint density at radius 3 is 2.11 bits per heavy atom. The van der Waals surface area contributed by atoms with Crippen molar-refractivity contribution in [1.29, 1.82) is 0 Å². The zero-order valence-corrected chi connectivity index (χ0v) is 22.3. The standard InChI is InChI=1S/C31H34N2O5/c1-5-18-37-25-16-12-22(13-17-25)29(34)27-28(21-10-14-23(15-11-21)32(3)4)33(31(36)30(27)35)24-8-7-9-26(20-24)38-19-6-2/h7-17,20,28,34H,5-6,18-19H2,1-4H3/b29-27+. The molecule has 4 rings (SSSR count). The highest BCUT2D eigenvalue weighted by molar-refractivity contribution is 6.51. The summed E-state index contributed by atoms with van der Waals surface area (Å²) in [6, 6.07) is 20.8. The molecule has 38 heavy (non-hydrogen) atoms. The molecule has 198 valence electrons. The van der Waals surface area contributed by atoms with Crippen molar-refractivity contribution in [3.8, 4) is 11.5 Å². The van der Waals surface area contributed by atoms with Crippen molar-refractivity contribution in [1.82, 2.24) is 0 Å². The van der Waals surface area contributed by atoms with Gasteiger partial charge in [0, 0.05) is 37.1 Å². The number of rotatable bonds is 10. The number of Topliss-reactive ketones (excluding diaryl/α,β-unsaturated/α-hetero) is 1. The zero-order valence-electron chi connectivity index (χ0n) is 22.3. The Hall–Kier alpha value is -4.26. The Labute approximate surface area is 223 Å². The van der Waals surface area contributed by atoms with E-state index in [1.807, 2.05) is 63.2 Å². The van der Waals surface area contributed by atoms with Gasteiger partial charge in [0.25, 0.3) is 11.7 Å². The molecule has 0 radical (unpaired) electrons. The fourth-order valence-corrected chi connectivity index (χ4v) is 4.40. The van der Waals surface area contributed by atoms with Crippen LogP contribution in [-0.4, -0.2) is 44.1 Å². The van der Waals surface area contributed by atoms with E-state index in [2.05, 4.69) is 0 Å². The van der Waals surface area contributed by atoms with E-state index >= 15 is 0 Å². The molecule has 7 nitrogen and oxygen atoms in total. The molecule has 0 spiro atoms. The topological polar surface area (TPSA) is 79.3 Å². The average Bonchev–Trinajstić information content (AvgIpc) is 3.20. The predicted molar refractivity (Wildman–Crippen MR) is 150 cm³/mol. The van der Waals surface area contributed by atoms with Crippen LogP contribution in [-0.2, 0) is 9.59 Å². The van der Waals surface area contributed by atoms with Crippen molar-refractivity contribution in [3.63, 3.8) is 0 Å². The van der Waals surface area contributed by atoms with Gasteiger partial charge in [-0.15, -0.1) is 0 Å². The molecule has 1 heterocycles. The number of hydrogen-bond donors (Lipinski definition) is 1. The van der Waals surface area contributed by atoms with Gasteiger partial charge in [0.1, 0.15) is 17.3 Å². The van der Waals surface area contributed by atoms with E-state index in [0.29, 0.717) is 41.5 Å². The van der Waals surface area contributed by atoms with E-state index in [1.54, 1.807) is 42.5 Å². The molecular weight excluding hydrogens is 480 g/mol. The van der Waals surface area contributed by atoms with Gasteiger partial charge in [0.15, 0.2) is 0 Å². The van der Waals surface area contributed by atoms with Crippen LogP contribution in [0.4, 0.5) is 11.4 Å². The first-order chi connectivity index (χ1) is 18.3. The lowest BCUT2D eigenvalue weighted by molar-refractivity contribution is -0.132. The van der Waals surface area contributed by atoms with E-state index in [4.69, 9.17) is 9.47 Å². The number of amides is 1. The highest BCUT2D eigenvalue weighted by Gasteiger charge is 2.47. The molecule has 1 amide bonds. The van der Waals surface area contributed by atoms with Crippen LogP contribution in [0.2, 0.25) is 0 Å². The van der Waals surface area contributed by atoms with Gasteiger partial charge in [-0.3, -0.25) is 14.5 Å². The molecular formula is C31H34N2O5. The van der Waals surface area contributed by atoms with Crippen molar-refractivity contribution in [2.45, 2.75) is 32.7 Å². The minimum Gasteiger partial charge on any atom is -0.507 e. The second-order valence-corrected chi connectivity index (χ2v) is 9.37. The van der Waals surface area contributed by atoms with E-state index < -0.39 is 17.7 Å². The first-order valence-corrected chi connectivity index (χ1v) is 12.9. The summed E-state index contributed by atoms with van der Waals surface area (Å²) in [5.41, 5.74) is 2.67. The lowest BCUT2D eigenvalue weighted by atomic mass is 9.95. The molecule has 1 aliphatic rings. The van der Waals surface area contributed by atoms with Crippen LogP contribution in [0.1, 0.15) is 43.9 Å². The van der Waals surface area contributed by atoms with Crippen molar-refractivity contribution >= 4 is 28.8 Å². The second-order valence-electron chi connectivity index (χ2n) is 9.37. The number of anilines is 2. The van der Waals surface area contributed by atoms with Crippen LogP contribution in [0.3, 0.4) is 0 Å². The third-order valence-electron chi connectivity index (χ3n) is 6.34. The highest BCUT2D eigenvalue weighted by atomic mass is 16.5. The van der Waals surface area contributed by atoms with Gasteiger partial charge in [-0.1, -0.05) is 32.0 Å². The third-order valence-corrected chi connectivity index (χ3v) is 6.34. The summed E-state index contributed by atoms with van der Waals surface area (Å²) in [5.74, 6) is -0.397. The number of ketones is 1. The monoisotopic (exact) mass is 514 g/mol. The molecule has 3 aromatic rings. The van der Waals surface area contributed by atoms with Gasteiger partial charge in [-0.2, -0.15) is 0 Å². The second kappa shape index (κ2) is 11.9. The molecule has 1 saturated heterocycles. The Balaban J connectivity index is 1.83. The van der Waals surface area contributed by atoms with Crippen molar-refractivity contribution in [2.24, 2.45) is 0 Å². The smallest absolute Gasteiger partial charge is 0.300 e. The normalized spacial score (nSPS) is 16.5. The lowest BCUT2D eigenvalue weighted by Gasteiger charge is -2.26. The van der Waals surface area contributed by atoms with Crippen LogP contribution in [0.15, 0.2) is 78.4 Å². The molecule has 0 aromatic heterocycles. The van der Waals surface area contributed by atoms with Crippen LogP contribution in [0, 0.1) is 0 Å². The minimum absolute atomic E-state index is 0.0368. The predicted octanol–water partition coefficient (Wildman–Crippen LogP) is 5.96. The summed E-state index contributed by atoms with van der Waals surface area (Å²) in [5, 5.41) is 11.4. The molecule has 1 unspecified atom stereocenters. The molecule has 1 atom stereocenters. The summed E-state index contributed by atoms with van der Waals surface area (Å²) in [4.78, 5) is 30.3. The maximum atomic E-state index is 13.5. The molecule has 3 aromatic carbocycles. The fraction of sp³-hybridized carbons (Fsp3) is 0.290. The summed E-state index contributed by atoms with van der Waals surface area (Å²) >= 11 is 0. The number of carbonyl (C=O) groups excluding carboxylic acids is 2. The van der Waals surface area contributed by atoms with Crippen molar-refractivity contribution in [3.05, 3.63) is 89.5 Å². The molecule has 1 N–H and O–H groups in total. The van der Waals surface area contributed by atoms with E-state index in [-0.39, 0.29) is 11.3 Å². The third kappa shape index (κ3) is 5.52. The van der Waals surface area contributed by atoms with Gasteiger partial charge in [0.2, 0.25) is 0 Å². The van der Waals surface area contributed by atoms with Crippen LogP contribution in [0.25, 0.3) is 5.76 Å². The number of benzene rings is 3. The number of aliphatic hydroxyl groups is 1. The number of nitrogens with zero attached hydrogens (tertiary/aromatic N) is 2. The number of aliphatic hydroxyl groups excluding tert-OH is 1. The van der Waals surface area contributed by atoms with Gasteiger partial charge in [-0.05, 0) is 66.9 Å². The maximum Gasteiger partial charge on any atom is 0.300 e. The van der Waals surface area contributed by atoms with Gasteiger partial charge in [-0.25, -0.2) is 0 Å². The molecule has 0 aliphatic carbocycles. The Morgan fingerprint density at radius 2 is 1.50 bits per heavy atom. The Morgan fingerprint density at radius 1 is 0.868 bits per heavy atom. The van der Waals surface area contributed by atoms with E-state index in [0.717, 1.165) is 18.5 Å². The number of hydrogen-bond acceptors (Lipinski definition) is 6. The van der Waals surface area contributed by atoms with Gasteiger partial charge in [0.05, 0.1) is 24.8 Å². The van der Waals surface area contributed by atoms with E-state index in [9.17, 15) is 14.7 Å². The maximum absolute atomic E-state index is 13.5. The molecule has 1 fully saturated rings. The number of ether oxygens (including phenoxy) is 2. The van der Waals surface area contributed by atoms with Gasteiger partial charge < -0.3 is 19.5 Å². The first-order valence-electron chi connectivity index (χ1n) is 12.9. The molecule has 0 bridgehead atoms. The van der Waals surface area contributed by atoms with Crippen LogP contribution in [0.5, 0.6) is 11.5 Å². The first kappa shape index (κ1) is 26.8. The van der Waals surface area contributed by atoms with E-state index in [1.165, 1.54) is 4.90 Å². The SMILES string of the molecule is CCCOc1ccc(/C(O)=C2\C(=O)C(=O)N(c3cccc(OCCC)c3)C2c2ccc(N(C)C)cc2)cc1. The summed E-state index contributed by atoms with van der Waals surface area (Å²) in [7, 11) is 3.88. The molecule has 0 saturated carbocycles. The van der Waals surface area contributed by atoms with Crippen LogP contribution >= 0.6 is 0 Å². The minimum atomic E-state index is -0.816.